The Morgan fingerprint density at radius 2 is 1.65 bits per heavy atom. The number of alkyl halides is 4. The van der Waals surface area contributed by atoms with Crippen molar-refractivity contribution in [2.24, 2.45) is 5.92 Å². The number of rotatable bonds is 8. The Morgan fingerprint density at radius 3 is 2.26 bits per heavy atom. The molecule has 0 amide bonds. The van der Waals surface area contributed by atoms with Gasteiger partial charge in [0.1, 0.15) is 55.3 Å². The summed E-state index contributed by atoms with van der Waals surface area (Å²) in [6, 6.07) is 5.73. The maximum atomic E-state index is 15.2. The molecular weight excluding hydrogens is 563 g/mol. The van der Waals surface area contributed by atoms with E-state index >= 15 is 4.39 Å². The second-order valence-corrected chi connectivity index (χ2v) is 10.3. The Bertz CT molecular complexity index is 1720. The first-order valence-electron chi connectivity index (χ1n) is 13.0. The number of ether oxygens (including phenoxy) is 1. The average Bonchev–Trinajstić information content (AvgIpc) is 2.93. The van der Waals surface area contributed by atoms with Crippen molar-refractivity contribution >= 4 is 69.9 Å². The second-order valence-electron chi connectivity index (χ2n) is 10.3. The molecule has 43 heavy (non-hydrogen) atoms. The number of phenolic OH excluding ortho intramolecular Hbond substituents is 1. The van der Waals surface area contributed by atoms with Gasteiger partial charge in [0.2, 0.25) is 0 Å². The van der Waals surface area contributed by atoms with Gasteiger partial charge in [0.25, 0.3) is 0 Å². The van der Waals surface area contributed by atoms with Crippen LogP contribution in [0.15, 0.2) is 42.6 Å². The summed E-state index contributed by atoms with van der Waals surface area (Å²) in [5.41, 5.74) is -3.08. The predicted octanol–water partition coefficient (Wildman–Crippen LogP) is 1.45. The normalized spacial score (nSPS) is 14.2. The van der Waals surface area contributed by atoms with Crippen molar-refractivity contribution in [3.05, 3.63) is 65.1 Å². The Hall–Kier alpha value is -3.79. The Labute approximate surface area is 249 Å². The predicted molar refractivity (Wildman–Crippen MR) is 157 cm³/mol. The lowest BCUT2D eigenvalue weighted by molar-refractivity contribution is -0.137. The van der Waals surface area contributed by atoms with Crippen molar-refractivity contribution in [1.82, 2.24) is 9.88 Å². The van der Waals surface area contributed by atoms with Crippen LogP contribution in [0.5, 0.6) is 11.5 Å². The number of pyridine rings is 1. The minimum atomic E-state index is -4.80. The van der Waals surface area contributed by atoms with Crippen molar-refractivity contribution in [2.45, 2.75) is 6.18 Å². The van der Waals surface area contributed by atoms with Crippen molar-refractivity contribution in [3.8, 4) is 22.6 Å². The number of ketones is 1. The van der Waals surface area contributed by atoms with Crippen LogP contribution in [0.3, 0.4) is 0 Å². The fourth-order valence-corrected chi connectivity index (χ4v) is 5.10. The van der Waals surface area contributed by atoms with Crippen molar-refractivity contribution in [1.29, 1.82) is 0 Å². The van der Waals surface area contributed by atoms with E-state index in [4.69, 9.17) is 36.1 Å². The van der Waals surface area contributed by atoms with E-state index in [1.54, 1.807) is 0 Å². The third-order valence-electron chi connectivity index (χ3n) is 7.41. The summed E-state index contributed by atoms with van der Waals surface area (Å²) in [6.07, 6.45) is -3.70. The van der Waals surface area contributed by atoms with Gasteiger partial charge < -0.3 is 9.84 Å². The van der Waals surface area contributed by atoms with Crippen LogP contribution in [-0.4, -0.2) is 85.1 Å². The summed E-state index contributed by atoms with van der Waals surface area (Å²) in [6.45, 7) is 1.34. The van der Waals surface area contributed by atoms with Crippen molar-refractivity contribution in [3.63, 3.8) is 0 Å². The van der Waals surface area contributed by atoms with Gasteiger partial charge in [0.05, 0.1) is 17.8 Å². The molecule has 1 saturated heterocycles. The number of fused-ring (bicyclic) bond motifs is 1. The molecule has 14 heteroatoms. The standard InChI is InChI=1S/C29H19B4F5N2O3/c30-23-22(24(31)26(33)28(25(23)32)43-6-5-40-11-13(9-34)12-40)27(42)21-17-4-2-15(41)8-20(17)39-10-18(21)16-3-1-14(7-19(16)35)29(36,37)38/h1-4,7-8,10,13,41H,5-6,9,11-12H2. The molecule has 0 unspecified atom stereocenters. The van der Waals surface area contributed by atoms with Gasteiger partial charge in [-0.1, -0.05) is 27.9 Å². The minimum Gasteiger partial charge on any atom is -0.508 e. The van der Waals surface area contributed by atoms with E-state index in [0.717, 1.165) is 12.3 Å². The van der Waals surface area contributed by atoms with Crippen LogP contribution in [-0.2, 0) is 6.18 Å². The molecule has 1 aliphatic rings. The van der Waals surface area contributed by atoms with Crippen LogP contribution in [0.25, 0.3) is 22.0 Å². The lowest BCUT2D eigenvalue weighted by Crippen LogP contribution is -2.50. The number of aromatic hydroxyl groups is 1. The topological polar surface area (TPSA) is 62.7 Å². The molecule has 5 nitrogen and oxygen atoms in total. The highest BCUT2D eigenvalue weighted by Crippen LogP contribution is 2.36. The molecule has 210 valence electrons. The summed E-state index contributed by atoms with van der Waals surface area (Å²) in [5.74, 6) is -2.37. The summed E-state index contributed by atoms with van der Waals surface area (Å²) in [4.78, 5) is 20.3. The fourth-order valence-electron chi connectivity index (χ4n) is 5.10. The molecule has 2 heterocycles. The summed E-state index contributed by atoms with van der Waals surface area (Å²) < 4.78 is 73.2. The zero-order valence-electron chi connectivity index (χ0n) is 22.5. The average molecular weight is 582 g/mol. The van der Waals surface area contributed by atoms with Gasteiger partial charge in [-0.15, -0.1) is 0 Å². The number of hydrogen-bond donors (Lipinski definition) is 1. The van der Waals surface area contributed by atoms with E-state index in [9.17, 15) is 27.5 Å². The third kappa shape index (κ3) is 5.77. The van der Waals surface area contributed by atoms with Gasteiger partial charge in [-0.25, -0.2) is 4.39 Å². The maximum Gasteiger partial charge on any atom is 0.416 e. The largest absolute Gasteiger partial charge is 0.508 e. The molecule has 5 rings (SSSR count). The number of likely N-dealkylation sites (tertiary alicyclic amines) is 1. The zero-order chi connectivity index (χ0) is 31.2. The fraction of sp³-hybridized carbons (Fsp3) is 0.241. The van der Waals surface area contributed by atoms with Gasteiger partial charge in [0, 0.05) is 65.5 Å². The first-order chi connectivity index (χ1) is 20.3. The number of benzene rings is 3. The van der Waals surface area contributed by atoms with E-state index in [-0.39, 0.29) is 79.0 Å². The lowest BCUT2D eigenvalue weighted by atomic mass is 9.65. The maximum absolute atomic E-state index is 15.2. The SMILES string of the molecule is [B]c1c([B])c(C(=O)c2c(-c3ccc(C(F)(F)F)cc3F)cnc3cc(O)ccc23)c([B])c([B])c1OCCN1CC(CF)C1. The molecular formula is C29H19B4F5N2O3. The van der Waals surface area contributed by atoms with Crippen molar-refractivity contribution < 1.29 is 36.6 Å². The quantitative estimate of drug-likeness (QED) is 0.194. The number of aromatic nitrogens is 1. The zero-order valence-corrected chi connectivity index (χ0v) is 22.5. The van der Waals surface area contributed by atoms with Gasteiger partial charge >= 0.3 is 6.18 Å². The number of phenols is 1. The Morgan fingerprint density at radius 1 is 0.977 bits per heavy atom. The molecule has 1 aliphatic heterocycles. The molecule has 3 aromatic carbocycles. The van der Waals surface area contributed by atoms with E-state index in [1.165, 1.54) is 18.2 Å². The molecule has 0 atom stereocenters. The van der Waals surface area contributed by atoms with Crippen molar-refractivity contribution in [2.75, 3.05) is 32.9 Å². The third-order valence-corrected chi connectivity index (χ3v) is 7.41. The van der Waals surface area contributed by atoms with Gasteiger partial charge in [-0.3, -0.25) is 19.1 Å². The highest BCUT2D eigenvalue weighted by Gasteiger charge is 2.32. The van der Waals surface area contributed by atoms with E-state index in [1.807, 2.05) is 4.90 Å². The second kappa shape index (κ2) is 11.7. The molecule has 1 N–H and O–H groups in total. The first-order valence-corrected chi connectivity index (χ1v) is 13.0. The van der Waals surface area contributed by atoms with Crippen LogP contribution in [0.1, 0.15) is 21.5 Å². The molecule has 4 aromatic rings. The minimum absolute atomic E-state index is 0.0131. The van der Waals surface area contributed by atoms with Crippen LogP contribution in [0.2, 0.25) is 0 Å². The number of carbonyl (C=O) groups is 1. The van der Waals surface area contributed by atoms with Crippen LogP contribution < -0.4 is 26.6 Å². The van der Waals surface area contributed by atoms with Gasteiger partial charge in [-0.2, -0.15) is 13.2 Å². The molecule has 1 aromatic heterocycles. The number of nitrogens with zero attached hydrogens (tertiary/aromatic N) is 2. The number of halogens is 5. The van der Waals surface area contributed by atoms with Crippen LogP contribution >= 0.6 is 0 Å². The Kier molecular flexibility index (Phi) is 8.35. The molecule has 0 bridgehead atoms. The summed E-state index contributed by atoms with van der Waals surface area (Å²) >= 11 is 0. The molecule has 0 spiro atoms. The van der Waals surface area contributed by atoms with Crippen LogP contribution in [0.4, 0.5) is 22.0 Å². The monoisotopic (exact) mass is 582 g/mol. The van der Waals surface area contributed by atoms with E-state index < -0.39 is 30.0 Å². The lowest BCUT2D eigenvalue weighted by Gasteiger charge is -2.37. The van der Waals surface area contributed by atoms with Gasteiger partial charge in [0.15, 0.2) is 5.78 Å². The number of carbonyl (C=O) groups excluding carboxylic acids is 1. The highest BCUT2D eigenvalue weighted by atomic mass is 19.4. The molecule has 0 saturated carbocycles. The van der Waals surface area contributed by atoms with E-state index in [0.29, 0.717) is 31.8 Å². The molecule has 1 fully saturated rings. The Balaban J connectivity index is 1.59. The first kappa shape index (κ1) is 30.7. The molecule has 0 aliphatic carbocycles. The molecule has 8 radical (unpaired) electrons. The van der Waals surface area contributed by atoms with Gasteiger partial charge in [-0.05, 0) is 24.3 Å². The highest BCUT2D eigenvalue weighted by molar-refractivity contribution is 6.61. The van der Waals surface area contributed by atoms with Crippen LogP contribution in [0, 0.1) is 11.7 Å². The number of hydrogen-bond acceptors (Lipinski definition) is 5. The summed E-state index contributed by atoms with van der Waals surface area (Å²) in [5, 5.41) is 10.1. The van der Waals surface area contributed by atoms with E-state index in [2.05, 4.69) is 4.98 Å². The smallest absolute Gasteiger partial charge is 0.416 e. The summed E-state index contributed by atoms with van der Waals surface area (Å²) in [7, 11) is 25.0.